The minimum absolute atomic E-state index is 0.0374. The Labute approximate surface area is 100 Å². The predicted molar refractivity (Wildman–Crippen MR) is 67.9 cm³/mol. The Hall–Kier alpha value is -2.16. The molecular formula is C14H14N2O. The molecule has 0 saturated heterocycles. The van der Waals surface area contributed by atoms with Crippen LogP contribution in [0.4, 0.5) is 5.69 Å². The number of rotatable bonds is 3. The van der Waals surface area contributed by atoms with Crippen molar-refractivity contribution in [3.8, 4) is 0 Å². The normalized spacial score (nSPS) is 10.2. The number of aromatic nitrogens is 1. The SMILES string of the molecule is Cc1ccc(C(=O)Cc2ccccn2)cc1N. The number of ketones is 1. The van der Waals surface area contributed by atoms with Crippen molar-refractivity contribution in [2.24, 2.45) is 0 Å². The fraction of sp³-hybridized carbons (Fsp3) is 0.143. The number of nitrogens with two attached hydrogens (primary N) is 1. The molecule has 0 aliphatic carbocycles. The van der Waals surface area contributed by atoms with Gasteiger partial charge in [0.25, 0.3) is 0 Å². The second-order valence-corrected chi connectivity index (χ2v) is 3.99. The van der Waals surface area contributed by atoms with Crippen molar-refractivity contribution in [1.29, 1.82) is 0 Å². The number of anilines is 1. The van der Waals surface area contributed by atoms with E-state index in [1.54, 1.807) is 18.3 Å². The van der Waals surface area contributed by atoms with E-state index in [1.807, 2.05) is 31.2 Å². The molecule has 3 heteroatoms. The predicted octanol–water partition coefficient (Wildman–Crippen LogP) is 2.40. The fourth-order valence-corrected chi connectivity index (χ4v) is 1.58. The third-order valence-corrected chi connectivity index (χ3v) is 2.67. The third kappa shape index (κ3) is 2.69. The first-order valence-electron chi connectivity index (χ1n) is 5.46. The van der Waals surface area contributed by atoms with Crippen molar-refractivity contribution in [2.45, 2.75) is 13.3 Å². The molecule has 2 rings (SSSR count). The molecule has 0 atom stereocenters. The largest absolute Gasteiger partial charge is 0.398 e. The summed E-state index contributed by atoms with van der Waals surface area (Å²) in [4.78, 5) is 16.1. The van der Waals surface area contributed by atoms with Crippen molar-refractivity contribution >= 4 is 11.5 Å². The summed E-state index contributed by atoms with van der Waals surface area (Å²) in [6, 6.07) is 10.9. The summed E-state index contributed by atoms with van der Waals surface area (Å²) in [6.45, 7) is 1.92. The molecule has 0 fully saturated rings. The second-order valence-electron chi connectivity index (χ2n) is 3.99. The third-order valence-electron chi connectivity index (χ3n) is 2.67. The number of carbonyl (C=O) groups is 1. The van der Waals surface area contributed by atoms with E-state index in [0.717, 1.165) is 11.3 Å². The van der Waals surface area contributed by atoms with Crippen LogP contribution in [0.5, 0.6) is 0 Å². The summed E-state index contributed by atoms with van der Waals surface area (Å²) >= 11 is 0. The highest BCUT2D eigenvalue weighted by Gasteiger charge is 2.08. The Morgan fingerprint density at radius 3 is 2.76 bits per heavy atom. The molecule has 0 unspecified atom stereocenters. The molecule has 0 spiro atoms. The number of nitrogen functional groups attached to an aromatic ring is 1. The summed E-state index contributed by atoms with van der Waals surface area (Å²) in [5, 5.41) is 0. The Balaban J connectivity index is 2.18. The van der Waals surface area contributed by atoms with E-state index in [1.165, 1.54) is 0 Å². The van der Waals surface area contributed by atoms with Gasteiger partial charge in [-0.25, -0.2) is 0 Å². The molecule has 1 aromatic carbocycles. The Morgan fingerprint density at radius 2 is 2.12 bits per heavy atom. The Morgan fingerprint density at radius 1 is 1.29 bits per heavy atom. The number of pyridine rings is 1. The van der Waals surface area contributed by atoms with E-state index in [-0.39, 0.29) is 5.78 Å². The lowest BCUT2D eigenvalue weighted by molar-refractivity contribution is 0.0992. The maximum atomic E-state index is 12.0. The maximum absolute atomic E-state index is 12.0. The first-order valence-corrected chi connectivity index (χ1v) is 5.46. The molecule has 2 aromatic rings. The zero-order chi connectivity index (χ0) is 12.3. The smallest absolute Gasteiger partial charge is 0.168 e. The van der Waals surface area contributed by atoms with Gasteiger partial charge >= 0.3 is 0 Å². The topological polar surface area (TPSA) is 56.0 Å². The van der Waals surface area contributed by atoms with E-state index in [4.69, 9.17) is 5.73 Å². The van der Waals surface area contributed by atoms with Gasteiger partial charge in [-0.15, -0.1) is 0 Å². The number of Topliss-reactive ketones (excluding diaryl/α,β-unsaturated/α-hetero) is 1. The van der Waals surface area contributed by atoms with Gasteiger partial charge in [0.05, 0.1) is 6.42 Å². The van der Waals surface area contributed by atoms with Crippen molar-refractivity contribution in [3.05, 3.63) is 59.4 Å². The molecular weight excluding hydrogens is 212 g/mol. The summed E-state index contributed by atoms with van der Waals surface area (Å²) in [5.74, 6) is 0.0374. The van der Waals surface area contributed by atoms with E-state index in [9.17, 15) is 4.79 Å². The molecule has 0 bridgehead atoms. The summed E-state index contributed by atoms with van der Waals surface area (Å²) in [6.07, 6.45) is 2.00. The van der Waals surface area contributed by atoms with Crippen LogP contribution < -0.4 is 5.73 Å². The molecule has 0 aliphatic heterocycles. The molecule has 0 aliphatic rings. The fourth-order valence-electron chi connectivity index (χ4n) is 1.58. The van der Waals surface area contributed by atoms with Crippen molar-refractivity contribution in [2.75, 3.05) is 5.73 Å². The zero-order valence-electron chi connectivity index (χ0n) is 9.68. The van der Waals surface area contributed by atoms with E-state index in [0.29, 0.717) is 17.7 Å². The van der Waals surface area contributed by atoms with Crippen LogP contribution in [0.2, 0.25) is 0 Å². The summed E-state index contributed by atoms with van der Waals surface area (Å²) in [7, 11) is 0. The van der Waals surface area contributed by atoms with Crippen LogP contribution in [0.1, 0.15) is 21.6 Å². The van der Waals surface area contributed by atoms with Gasteiger partial charge in [-0.3, -0.25) is 9.78 Å². The molecule has 2 N–H and O–H groups in total. The molecule has 0 amide bonds. The maximum Gasteiger partial charge on any atom is 0.168 e. The number of hydrogen-bond acceptors (Lipinski definition) is 3. The van der Waals surface area contributed by atoms with Crippen LogP contribution in [0.3, 0.4) is 0 Å². The standard InChI is InChI=1S/C14H14N2O/c1-10-5-6-11(8-13(10)15)14(17)9-12-4-2-3-7-16-12/h2-8H,9,15H2,1H3. The number of nitrogens with zero attached hydrogens (tertiary/aromatic N) is 1. The first-order chi connectivity index (χ1) is 8.16. The number of hydrogen-bond donors (Lipinski definition) is 1. The van der Waals surface area contributed by atoms with Gasteiger partial charge in [-0.05, 0) is 30.7 Å². The van der Waals surface area contributed by atoms with Crippen molar-refractivity contribution < 1.29 is 4.79 Å². The van der Waals surface area contributed by atoms with Crippen LogP contribution in [0.15, 0.2) is 42.6 Å². The Bertz CT molecular complexity index is 535. The summed E-state index contributed by atoms with van der Waals surface area (Å²) in [5.41, 5.74) is 8.83. The van der Waals surface area contributed by atoms with Gasteiger partial charge in [-0.1, -0.05) is 18.2 Å². The van der Waals surface area contributed by atoms with E-state index < -0.39 is 0 Å². The molecule has 17 heavy (non-hydrogen) atoms. The molecule has 86 valence electrons. The highest BCUT2D eigenvalue weighted by atomic mass is 16.1. The molecule has 1 aromatic heterocycles. The lowest BCUT2D eigenvalue weighted by atomic mass is 10.0. The molecule has 0 saturated carbocycles. The van der Waals surface area contributed by atoms with Gasteiger partial charge in [0.2, 0.25) is 0 Å². The highest BCUT2D eigenvalue weighted by Crippen LogP contribution is 2.14. The van der Waals surface area contributed by atoms with Crippen LogP contribution >= 0.6 is 0 Å². The summed E-state index contributed by atoms with van der Waals surface area (Å²) < 4.78 is 0. The van der Waals surface area contributed by atoms with Gasteiger partial charge in [-0.2, -0.15) is 0 Å². The lowest BCUT2D eigenvalue weighted by Crippen LogP contribution is -2.05. The zero-order valence-corrected chi connectivity index (χ0v) is 9.68. The quantitative estimate of drug-likeness (QED) is 0.645. The lowest BCUT2D eigenvalue weighted by Gasteiger charge is -2.04. The van der Waals surface area contributed by atoms with Crippen LogP contribution in [0, 0.1) is 6.92 Å². The average Bonchev–Trinajstić information content (AvgIpc) is 2.34. The number of benzene rings is 1. The van der Waals surface area contributed by atoms with Crippen LogP contribution in [0.25, 0.3) is 0 Å². The highest BCUT2D eigenvalue weighted by molar-refractivity contribution is 5.98. The minimum Gasteiger partial charge on any atom is -0.398 e. The van der Waals surface area contributed by atoms with Crippen LogP contribution in [-0.4, -0.2) is 10.8 Å². The number of aryl methyl sites for hydroxylation is 1. The van der Waals surface area contributed by atoms with E-state index in [2.05, 4.69) is 4.98 Å². The monoisotopic (exact) mass is 226 g/mol. The van der Waals surface area contributed by atoms with Crippen molar-refractivity contribution in [1.82, 2.24) is 4.98 Å². The molecule has 0 radical (unpaired) electrons. The van der Waals surface area contributed by atoms with Gasteiger partial charge < -0.3 is 5.73 Å². The van der Waals surface area contributed by atoms with Crippen molar-refractivity contribution in [3.63, 3.8) is 0 Å². The van der Waals surface area contributed by atoms with Gasteiger partial charge in [0.15, 0.2) is 5.78 Å². The minimum atomic E-state index is 0.0374. The van der Waals surface area contributed by atoms with Gasteiger partial charge in [0.1, 0.15) is 0 Å². The first kappa shape index (κ1) is 11.3. The Kier molecular flexibility index (Phi) is 3.19. The van der Waals surface area contributed by atoms with Gasteiger partial charge in [0, 0.05) is 23.1 Å². The number of carbonyl (C=O) groups excluding carboxylic acids is 1. The average molecular weight is 226 g/mol. The second kappa shape index (κ2) is 4.78. The molecule has 1 heterocycles. The van der Waals surface area contributed by atoms with E-state index >= 15 is 0 Å². The van der Waals surface area contributed by atoms with Crippen LogP contribution in [-0.2, 0) is 6.42 Å². The molecule has 3 nitrogen and oxygen atoms in total.